The molecule has 0 aliphatic heterocycles. The van der Waals surface area contributed by atoms with E-state index in [4.69, 9.17) is 15.9 Å². The highest BCUT2D eigenvalue weighted by Gasteiger charge is 2.18. The summed E-state index contributed by atoms with van der Waals surface area (Å²) < 4.78 is 0. The smallest absolute Gasteiger partial charge is 0.320 e. The summed E-state index contributed by atoms with van der Waals surface area (Å²) in [5.74, 6) is -1.45. The molecule has 4 N–H and O–H groups in total. The lowest BCUT2D eigenvalue weighted by molar-refractivity contribution is -0.140. The molecule has 2 atom stereocenters. The third-order valence-corrected chi connectivity index (χ3v) is 1.19. The second-order valence-corrected chi connectivity index (χ2v) is 2.02. The Morgan fingerprint density at radius 1 is 1.78 bits per heavy atom. The molecule has 0 aliphatic rings. The molecule has 4 heteroatoms. The lowest BCUT2D eigenvalue weighted by Crippen LogP contribution is -2.38. The molecule has 0 rings (SSSR count). The molecule has 0 amide bonds. The fraction of sp³-hybridized carbons (Fsp3) is 0.800. The molecule has 4 nitrogen and oxygen atoms in total. The first-order chi connectivity index (χ1) is 4.09. The fourth-order valence-corrected chi connectivity index (χ4v) is 0.357. The van der Waals surface area contributed by atoms with E-state index in [1.54, 1.807) is 6.92 Å². The second kappa shape index (κ2) is 3.42. The largest absolute Gasteiger partial charge is 0.480 e. The van der Waals surface area contributed by atoms with Gasteiger partial charge in [0.25, 0.3) is 0 Å². The van der Waals surface area contributed by atoms with Gasteiger partial charge in [-0.05, 0) is 0 Å². The molecule has 0 aromatic carbocycles. The van der Waals surface area contributed by atoms with Crippen molar-refractivity contribution in [3.63, 3.8) is 0 Å². The standard InChI is InChI=1S/C5H11NO3/c1-3(2-7)4(6)5(8)9/h3-4,7H,2,6H2,1H3,(H,8,9)/t3-,4+/m1/s1. The second-order valence-electron chi connectivity index (χ2n) is 2.02. The first-order valence-corrected chi connectivity index (χ1v) is 2.68. The summed E-state index contributed by atoms with van der Waals surface area (Å²) in [6.45, 7) is 1.40. The molecule has 0 unspecified atom stereocenters. The SMILES string of the molecule is C[C@H](CO)[C@H](N)C(=O)O. The summed E-state index contributed by atoms with van der Waals surface area (Å²) in [5.41, 5.74) is 5.11. The van der Waals surface area contributed by atoms with Gasteiger partial charge >= 0.3 is 5.97 Å². The fourth-order valence-electron chi connectivity index (χ4n) is 0.357. The van der Waals surface area contributed by atoms with E-state index in [1.807, 2.05) is 0 Å². The summed E-state index contributed by atoms with van der Waals surface area (Å²) in [6, 6.07) is -0.949. The van der Waals surface area contributed by atoms with Crippen LogP contribution in [0.1, 0.15) is 6.92 Å². The van der Waals surface area contributed by atoms with Crippen LogP contribution < -0.4 is 5.73 Å². The van der Waals surface area contributed by atoms with E-state index in [0.29, 0.717) is 0 Å². The van der Waals surface area contributed by atoms with Gasteiger partial charge in [0.15, 0.2) is 0 Å². The minimum Gasteiger partial charge on any atom is -0.480 e. The summed E-state index contributed by atoms with van der Waals surface area (Å²) in [7, 11) is 0. The van der Waals surface area contributed by atoms with Crippen LogP contribution in [0.2, 0.25) is 0 Å². The van der Waals surface area contributed by atoms with Crippen molar-refractivity contribution in [3.05, 3.63) is 0 Å². The maximum absolute atomic E-state index is 10.1. The van der Waals surface area contributed by atoms with Gasteiger partial charge in [-0.25, -0.2) is 0 Å². The summed E-state index contributed by atoms with van der Waals surface area (Å²) in [5, 5.41) is 16.7. The lowest BCUT2D eigenvalue weighted by atomic mass is 10.1. The highest BCUT2D eigenvalue weighted by atomic mass is 16.4. The van der Waals surface area contributed by atoms with Crippen molar-refractivity contribution in [1.82, 2.24) is 0 Å². The van der Waals surface area contributed by atoms with E-state index in [0.717, 1.165) is 0 Å². The van der Waals surface area contributed by atoms with Crippen molar-refractivity contribution in [2.75, 3.05) is 6.61 Å². The highest BCUT2D eigenvalue weighted by Crippen LogP contribution is 1.97. The van der Waals surface area contributed by atoms with E-state index in [9.17, 15) is 4.79 Å². The molecular formula is C5H11NO3. The predicted molar refractivity (Wildman–Crippen MR) is 31.9 cm³/mol. The van der Waals surface area contributed by atoms with Crippen molar-refractivity contribution in [3.8, 4) is 0 Å². The molecule has 0 spiro atoms. The normalized spacial score (nSPS) is 16.8. The Morgan fingerprint density at radius 2 is 2.22 bits per heavy atom. The van der Waals surface area contributed by atoms with E-state index in [-0.39, 0.29) is 12.5 Å². The average molecular weight is 133 g/mol. The number of hydrogen-bond donors (Lipinski definition) is 3. The van der Waals surface area contributed by atoms with Crippen LogP contribution in [0.3, 0.4) is 0 Å². The minimum atomic E-state index is -1.07. The quantitative estimate of drug-likeness (QED) is 0.462. The van der Waals surface area contributed by atoms with Crippen LogP contribution in [-0.4, -0.2) is 28.8 Å². The molecule has 0 aliphatic carbocycles. The summed E-state index contributed by atoms with van der Waals surface area (Å²) in [6.07, 6.45) is 0. The van der Waals surface area contributed by atoms with Gasteiger partial charge in [-0.3, -0.25) is 4.79 Å². The highest BCUT2D eigenvalue weighted by molar-refractivity contribution is 5.73. The van der Waals surface area contributed by atoms with Crippen molar-refractivity contribution < 1.29 is 15.0 Å². The Balaban J connectivity index is 3.72. The Kier molecular flexibility index (Phi) is 3.19. The Hall–Kier alpha value is -0.610. The number of carboxylic acid groups (broad SMARTS) is 1. The van der Waals surface area contributed by atoms with Gasteiger partial charge in [-0.15, -0.1) is 0 Å². The monoisotopic (exact) mass is 133 g/mol. The van der Waals surface area contributed by atoms with Crippen LogP contribution in [0.4, 0.5) is 0 Å². The van der Waals surface area contributed by atoms with Crippen LogP contribution in [0.25, 0.3) is 0 Å². The maximum atomic E-state index is 10.1. The van der Waals surface area contributed by atoms with E-state index in [2.05, 4.69) is 0 Å². The number of aliphatic hydroxyl groups excluding tert-OH is 1. The first kappa shape index (κ1) is 8.39. The first-order valence-electron chi connectivity index (χ1n) is 2.68. The van der Waals surface area contributed by atoms with Crippen molar-refractivity contribution in [2.45, 2.75) is 13.0 Å². The molecule has 0 saturated carbocycles. The number of hydrogen-bond acceptors (Lipinski definition) is 3. The Labute approximate surface area is 53.3 Å². The van der Waals surface area contributed by atoms with Gasteiger partial charge in [0, 0.05) is 12.5 Å². The predicted octanol–water partition coefficient (Wildman–Crippen LogP) is -0.973. The maximum Gasteiger partial charge on any atom is 0.320 e. The topological polar surface area (TPSA) is 83.5 Å². The molecule has 0 fully saturated rings. The summed E-state index contributed by atoms with van der Waals surface area (Å²) in [4.78, 5) is 10.1. The van der Waals surface area contributed by atoms with Crippen LogP contribution in [0.15, 0.2) is 0 Å². The molecule has 54 valence electrons. The van der Waals surface area contributed by atoms with Crippen LogP contribution in [0, 0.1) is 5.92 Å². The van der Waals surface area contributed by atoms with E-state index in [1.165, 1.54) is 0 Å². The minimum absolute atomic E-state index is 0.187. The van der Waals surface area contributed by atoms with Crippen LogP contribution in [0.5, 0.6) is 0 Å². The Bertz CT molecular complexity index is 104. The zero-order chi connectivity index (χ0) is 7.44. The molecule has 0 bridgehead atoms. The van der Waals surface area contributed by atoms with Crippen molar-refractivity contribution in [1.29, 1.82) is 0 Å². The number of aliphatic carboxylic acids is 1. The zero-order valence-electron chi connectivity index (χ0n) is 5.24. The molecule has 9 heavy (non-hydrogen) atoms. The van der Waals surface area contributed by atoms with Crippen LogP contribution in [-0.2, 0) is 4.79 Å². The van der Waals surface area contributed by atoms with Gasteiger partial charge in [-0.2, -0.15) is 0 Å². The van der Waals surface area contributed by atoms with Crippen molar-refractivity contribution >= 4 is 5.97 Å². The Morgan fingerprint density at radius 3 is 2.33 bits per heavy atom. The number of nitrogens with two attached hydrogens (primary N) is 1. The number of aliphatic hydroxyl groups is 1. The number of carboxylic acids is 1. The zero-order valence-corrected chi connectivity index (χ0v) is 5.24. The molecule has 0 aromatic heterocycles. The molecule has 0 aromatic rings. The lowest BCUT2D eigenvalue weighted by Gasteiger charge is -2.11. The average Bonchev–Trinajstić information content (AvgIpc) is 1.84. The van der Waals surface area contributed by atoms with E-state index >= 15 is 0 Å². The van der Waals surface area contributed by atoms with Gasteiger partial charge in [0.05, 0.1) is 0 Å². The number of rotatable bonds is 3. The van der Waals surface area contributed by atoms with Crippen molar-refractivity contribution in [2.24, 2.45) is 11.7 Å². The molecule has 0 heterocycles. The van der Waals surface area contributed by atoms with Crippen LogP contribution >= 0.6 is 0 Å². The third kappa shape index (κ3) is 2.43. The van der Waals surface area contributed by atoms with Gasteiger partial charge in [0.1, 0.15) is 6.04 Å². The summed E-state index contributed by atoms with van der Waals surface area (Å²) >= 11 is 0. The molecule has 0 radical (unpaired) electrons. The van der Waals surface area contributed by atoms with Gasteiger partial charge in [0.2, 0.25) is 0 Å². The third-order valence-electron chi connectivity index (χ3n) is 1.19. The molecular weight excluding hydrogens is 122 g/mol. The molecule has 0 saturated heterocycles. The van der Waals surface area contributed by atoms with Gasteiger partial charge in [-0.1, -0.05) is 6.92 Å². The number of carbonyl (C=O) groups is 1. The van der Waals surface area contributed by atoms with E-state index < -0.39 is 12.0 Å². The van der Waals surface area contributed by atoms with Gasteiger partial charge < -0.3 is 15.9 Å².